The van der Waals surface area contributed by atoms with E-state index in [0.717, 1.165) is 44.6 Å². The van der Waals surface area contributed by atoms with E-state index < -0.39 is 0 Å². The maximum absolute atomic E-state index is 12.4. The topological polar surface area (TPSA) is 75.3 Å². The molecule has 2 aromatic rings. The third-order valence-electron chi connectivity index (χ3n) is 5.99. The number of amides is 1. The molecule has 1 amide bonds. The number of hydrogen-bond donors (Lipinski definition) is 2. The van der Waals surface area contributed by atoms with Crippen LogP contribution in [0.3, 0.4) is 0 Å². The van der Waals surface area contributed by atoms with Gasteiger partial charge < -0.3 is 29.7 Å². The molecule has 0 aromatic heterocycles. The summed E-state index contributed by atoms with van der Waals surface area (Å²) >= 11 is 5.66. The zero-order valence-electron chi connectivity index (χ0n) is 20.8. The zero-order chi connectivity index (χ0) is 25.0. The average Bonchev–Trinajstić information content (AvgIpc) is 3.12. The molecule has 0 atom stereocenters. The van der Waals surface area contributed by atoms with Crippen LogP contribution in [-0.2, 0) is 17.8 Å². The highest BCUT2D eigenvalue weighted by molar-refractivity contribution is 7.80. The Balaban J connectivity index is 1.43. The Morgan fingerprint density at radius 1 is 0.914 bits per heavy atom. The van der Waals surface area contributed by atoms with Crippen molar-refractivity contribution in [3.63, 3.8) is 0 Å². The Labute approximate surface area is 213 Å². The summed E-state index contributed by atoms with van der Waals surface area (Å²) in [6.45, 7) is 4.90. The molecule has 0 bridgehead atoms. The summed E-state index contributed by atoms with van der Waals surface area (Å²) in [5.41, 5.74) is 2.20. The molecule has 8 nitrogen and oxygen atoms in total. The van der Waals surface area contributed by atoms with E-state index >= 15 is 0 Å². The SMILES string of the molecule is COc1cc(CNC(=S)N2CCCN(CC(=O)NCCc3ccccc3)CC2)cc(OC)c1OC. The monoisotopic (exact) mass is 500 g/mol. The van der Waals surface area contributed by atoms with E-state index in [1.165, 1.54) is 5.56 Å². The van der Waals surface area contributed by atoms with E-state index in [2.05, 4.69) is 32.6 Å². The van der Waals surface area contributed by atoms with Crippen LogP contribution >= 0.6 is 12.2 Å². The summed E-state index contributed by atoms with van der Waals surface area (Å²) in [7, 11) is 4.79. The molecular formula is C26H36N4O4S. The van der Waals surface area contributed by atoms with Crippen LogP contribution in [-0.4, -0.2) is 81.4 Å². The number of benzene rings is 2. The zero-order valence-corrected chi connectivity index (χ0v) is 21.7. The van der Waals surface area contributed by atoms with Crippen molar-refractivity contribution >= 4 is 23.2 Å². The van der Waals surface area contributed by atoms with Crippen molar-refractivity contribution in [2.45, 2.75) is 19.4 Å². The van der Waals surface area contributed by atoms with Crippen molar-refractivity contribution in [1.29, 1.82) is 0 Å². The molecular weight excluding hydrogens is 464 g/mol. The van der Waals surface area contributed by atoms with Gasteiger partial charge in [0.2, 0.25) is 11.7 Å². The summed E-state index contributed by atoms with van der Waals surface area (Å²) in [6.07, 6.45) is 1.79. The molecule has 1 heterocycles. The number of nitrogens with zero attached hydrogens (tertiary/aromatic N) is 2. The third kappa shape index (κ3) is 8.00. The largest absolute Gasteiger partial charge is 0.493 e. The van der Waals surface area contributed by atoms with Crippen molar-refractivity contribution in [1.82, 2.24) is 20.4 Å². The minimum atomic E-state index is 0.0671. The minimum Gasteiger partial charge on any atom is -0.493 e. The molecule has 3 rings (SSSR count). The summed E-state index contributed by atoms with van der Waals surface area (Å²) in [6, 6.07) is 14.0. The summed E-state index contributed by atoms with van der Waals surface area (Å²) < 4.78 is 16.3. The fourth-order valence-corrected chi connectivity index (χ4v) is 4.36. The van der Waals surface area contributed by atoms with Crippen LogP contribution in [0.5, 0.6) is 17.2 Å². The van der Waals surface area contributed by atoms with Crippen LogP contribution < -0.4 is 24.8 Å². The first-order valence-corrected chi connectivity index (χ1v) is 12.3. The lowest BCUT2D eigenvalue weighted by molar-refractivity contribution is -0.122. The number of hydrogen-bond acceptors (Lipinski definition) is 6. The first kappa shape index (κ1) is 26.6. The van der Waals surface area contributed by atoms with Crippen LogP contribution in [0.15, 0.2) is 42.5 Å². The fraction of sp³-hybridized carbons (Fsp3) is 0.462. The Hall–Kier alpha value is -3.04. The molecule has 0 aliphatic carbocycles. The molecule has 0 saturated carbocycles. The van der Waals surface area contributed by atoms with Crippen LogP contribution in [0.1, 0.15) is 17.5 Å². The Morgan fingerprint density at radius 2 is 1.63 bits per heavy atom. The number of ether oxygens (including phenoxy) is 3. The van der Waals surface area contributed by atoms with Gasteiger partial charge >= 0.3 is 0 Å². The van der Waals surface area contributed by atoms with Crippen LogP contribution in [0, 0.1) is 0 Å². The number of methoxy groups -OCH3 is 3. The predicted molar refractivity (Wildman–Crippen MR) is 141 cm³/mol. The molecule has 2 aromatic carbocycles. The van der Waals surface area contributed by atoms with E-state index in [0.29, 0.717) is 42.0 Å². The van der Waals surface area contributed by atoms with E-state index in [-0.39, 0.29) is 5.91 Å². The molecule has 0 unspecified atom stereocenters. The summed E-state index contributed by atoms with van der Waals surface area (Å²) in [5, 5.41) is 7.08. The molecule has 35 heavy (non-hydrogen) atoms. The quantitative estimate of drug-likeness (QED) is 0.482. The Kier molecular flexibility index (Phi) is 10.4. The second-order valence-electron chi connectivity index (χ2n) is 8.39. The smallest absolute Gasteiger partial charge is 0.234 e. The average molecular weight is 501 g/mol. The van der Waals surface area contributed by atoms with Gasteiger partial charge in [-0.25, -0.2) is 0 Å². The van der Waals surface area contributed by atoms with E-state index in [9.17, 15) is 4.79 Å². The molecule has 1 aliphatic heterocycles. The van der Waals surface area contributed by atoms with Crippen LogP contribution in [0.25, 0.3) is 0 Å². The van der Waals surface area contributed by atoms with E-state index in [1.807, 2.05) is 30.3 Å². The first-order chi connectivity index (χ1) is 17.0. The molecule has 1 saturated heterocycles. The van der Waals surface area contributed by atoms with Gasteiger partial charge in [0.1, 0.15) is 0 Å². The summed E-state index contributed by atoms with van der Waals surface area (Å²) in [4.78, 5) is 16.8. The van der Waals surface area contributed by atoms with Crippen LogP contribution in [0.2, 0.25) is 0 Å². The second kappa shape index (κ2) is 13.7. The molecule has 0 radical (unpaired) electrons. The standard InChI is InChI=1S/C26H36N4O4S/c1-32-22-16-21(17-23(33-2)25(22)34-3)18-28-26(35)30-13-7-12-29(14-15-30)19-24(31)27-11-10-20-8-5-4-6-9-20/h4-6,8-9,16-17H,7,10-15,18-19H2,1-3H3,(H,27,31)(H,28,35). The van der Waals surface area contributed by atoms with Crippen molar-refractivity contribution in [2.24, 2.45) is 0 Å². The van der Waals surface area contributed by atoms with Gasteiger partial charge in [-0.2, -0.15) is 0 Å². The Bertz CT molecular complexity index is 948. The van der Waals surface area contributed by atoms with Gasteiger partial charge in [-0.1, -0.05) is 30.3 Å². The highest BCUT2D eigenvalue weighted by Crippen LogP contribution is 2.38. The van der Waals surface area contributed by atoms with Crippen molar-refractivity contribution in [3.8, 4) is 17.2 Å². The minimum absolute atomic E-state index is 0.0671. The lowest BCUT2D eigenvalue weighted by Gasteiger charge is -2.25. The highest BCUT2D eigenvalue weighted by Gasteiger charge is 2.19. The van der Waals surface area contributed by atoms with E-state index in [4.69, 9.17) is 26.4 Å². The number of carbonyl (C=O) groups is 1. The third-order valence-corrected chi connectivity index (χ3v) is 6.39. The van der Waals surface area contributed by atoms with E-state index in [1.54, 1.807) is 21.3 Å². The molecule has 1 fully saturated rings. The predicted octanol–water partition coefficient (Wildman–Crippen LogP) is 2.45. The van der Waals surface area contributed by atoms with Gasteiger partial charge in [-0.05, 0) is 48.3 Å². The van der Waals surface area contributed by atoms with Gasteiger partial charge in [-0.3, -0.25) is 9.69 Å². The van der Waals surface area contributed by atoms with Crippen molar-refractivity contribution in [3.05, 3.63) is 53.6 Å². The molecule has 1 aliphatic rings. The van der Waals surface area contributed by atoms with Gasteiger partial charge in [0.05, 0.1) is 27.9 Å². The van der Waals surface area contributed by atoms with Crippen LogP contribution in [0.4, 0.5) is 0 Å². The van der Waals surface area contributed by atoms with Gasteiger partial charge in [0, 0.05) is 39.3 Å². The molecule has 2 N–H and O–H groups in total. The van der Waals surface area contributed by atoms with Gasteiger partial charge in [0.25, 0.3) is 0 Å². The number of rotatable bonds is 10. The number of nitrogens with one attached hydrogen (secondary N) is 2. The first-order valence-electron chi connectivity index (χ1n) is 11.9. The second-order valence-corrected chi connectivity index (χ2v) is 8.78. The lowest BCUT2D eigenvalue weighted by atomic mass is 10.1. The van der Waals surface area contributed by atoms with Gasteiger partial charge in [-0.15, -0.1) is 0 Å². The van der Waals surface area contributed by atoms with Gasteiger partial charge in [0.15, 0.2) is 16.6 Å². The Morgan fingerprint density at radius 3 is 2.29 bits per heavy atom. The maximum Gasteiger partial charge on any atom is 0.234 e. The number of thiocarbonyl (C=S) groups is 1. The van der Waals surface area contributed by atoms with Crippen molar-refractivity contribution < 1.29 is 19.0 Å². The summed E-state index contributed by atoms with van der Waals surface area (Å²) in [5.74, 6) is 1.86. The fourth-order valence-electron chi connectivity index (χ4n) is 4.11. The lowest BCUT2D eigenvalue weighted by Crippen LogP contribution is -2.43. The molecule has 190 valence electrons. The normalized spacial score (nSPS) is 14.1. The van der Waals surface area contributed by atoms with Crippen molar-refractivity contribution in [2.75, 3.05) is 60.6 Å². The molecule has 9 heteroatoms. The maximum atomic E-state index is 12.4. The number of carbonyl (C=O) groups excluding carboxylic acids is 1. The highest BCUT2D eigenvalue weighted by atomic mass is 32.1. The molecule has 0 spiro atoms.